The molecule has 2 aromatic carbocycles. The number of carbonyl (C=O) groups excluding carboxylic acids is 1. The third-order valence-corrected chi connectivity index (χ3v) is 8.34. The second-order valence-corrected chi connectivity index (χ2v) is 11.7. The lowest BCUT2D eigenvalue weighted by Crippen LogP contribution is -2.38. The summed E-state index contributed by atoms with van der Waals surface area (Å²) >= 11 is 0. The van der Waals surface area contributed by atoms with Crippen LogP contribution in [0.4, 0.5) is 0 Å². The average molecular weight is 494 g/mol. The number of nitrogens with zero attached hydrogens (tertiary/aromatic N) is 2. The van der Waals surface area contributed by atoms with Gasteiger partial charge in [-0.1, -0.05) is 18.2 Å². The first-order chi connectivity index (χ1) is 16.7. The van der Waals surface area contributed by atoms with E-state index in [1.165, 1.54) is 6.26 Å². The topological polar surface area (TPSA) is 92.4 Å². The average Bonchev–Trinajstić information content (AvgIpc) is 3.27. The normalized spacial score (nSPS) is 16.8. The molecule has 184 valence electrons. The number of likely N-dealkylation sites (tertiary alicyclic amines) is 1. The third-order valence-electron chi connectivity index (χ3n) is 7.21. The molecule has 1 N–H and O–H groups in total. The van der Waals surface area contributed by atoms with Gasteiger partial charge >= 0.3 is 0 Å². The molecule has 0 unspecified atom stereocenters. The van der Waals surface area contributed by atoms with Crippen LogP contribution in [0.2, 0.25) is 0 Å². The number of sulfone groups is 1. The first kappa shape index (κ1) is 23.8. The van der Waals surface area contributed by atoms with E-state index in [0.717, 1.165) is 58.7 Å². The highest BCUT2D eigenvalue weighted by Crippen LogP contribution is 2.31. The Labute approximate surface area is 206 Å². The highest BCUT2D eigenvalue weighted by Gasteiger charge is 2.27. The summed E-state index contributed by atoms with van der Waals surface area (Å²) < 4.78 is 29.0. The Hall–Kier alpha value is -2.97. The largest absolute Gasteiger partial charge is 0.375 e. The molecule has 2 aliphatic heterocycles. The van der Waals surface area contributed by atoms with Gasteiger partial charge in [0.2, 0.25) is 0 Å². The Morgan fingerprint density at radius 1 is 1.09 bits per heavy atom. The molecule has 1 amide bonds. The standard InChI is InChI=1S/C27H31N3O4S/c1-17-14-18(2)23(15-22(17)26-28-24-10-13-34-16-25(24)29-26)27(31)30-11-8-20(9-12-30)19-4-6-21(7-5-19)35(3,32)33/h4-7,14-15,20H,8-13,16H2,1-3H3,(H,28,29). The van der Waals surface area contributed by atoms with Crippen molar-refractivity contribution in [3.8, 4) is 11.4 Å². The summed E-state index contributed by atoms with van der Waals surface area (Å²) in [5.41, 5.74) is 6.92. The fourth-order valence-corrected chi connectivity index (χ4v) is 5.78. The number of rotatable bonds is 4. The summed E-state index contributed by atoms with van der Waals surface area (Å²) in [5, 5.41) is 0. The fraction of sp³-hybridized carbons (Fsp3) is 0.407. The lowest BCUT2D eigenvalue weighted by atomic mass is 9.89. The Morgan fingerprint density at radius 2 is 1.80 bits per heavy atom. The van der Waals surface area contributed by atoms with Gasteiger partial charge < -0.3 is 14.6 Å². The molecule has 1 fully saturated rings. The van der Waals surface area contributed by atoms with Crippen LogP contribution in [0.5, 0.6) is 0 Å². The van der Waals surface area contributed by atoms with Crippen molar-refractivity contribution in [2.45, 2.75) is 50.5 Å². The highest BCUT2D eigenvalue weighted by atomic mass is 32.2. The van der Waals surface area contributed by atoms with E-state index in [0.29, 0.717) is 42.7 Å². The number of amides is 1. The summed E-state index contributed by atoms with van der Waals surface area (Å²) in [6.45, 7) is 6.62. The van der Waals surface area contributed by atoms with E-state index in [2.05, 4.69) is 18.0 Å². The quantitative estimate of drug-likeness (QED) is 0.588. The van der Waals surface area contributed by atoms with E-state index in [1.807, 2.05) is 30.0 Å². The number of imidazole rings is 1. The summed E-state index contributed by atoms with van der Waals surface area (Å²) in [5.74, 6) is 1.16. The summed E-state index contributed by atoms with van der Waals surface area (Å²) in [6, 6.07) is 11.2. The molecule has 8 heteroatoms. The molecule has 0 aliphatic carbocycles. The van der Waals surface area contributed by atoms with Crippen molar-refractivity contribution in [2.24, 2.45) is 0 Å². The van der Waals surface area contributed by atoms with Gasteiger partial charge in [0.15, 0.2) is 9.84 Å². The number of H-pyrrole nitrogens is 1. The number of fused-ring (bicyclic) bond motifs is 1. The second-order valence-electron chi connectivity index (χ2n) is 9.70. The second kappa shape index (κ2) is 9.24. The minimum Gasteiger partial charge on any atom is -0.375 e. The molecule has 0 saturated carbocycles. The first-order valence-corrected chi connectivity index (χ1v) is 14.0. The number of aromatic nitrogens is 2. The lowest BCUT2D eigenvalue weighted by Gasteiger charge is -2.33. The van der Waals surface area contributed by atoms with Crippen LogP contribution in [0.3, 0.4) is 0 Å². The first-order valence-electron chi connectivity index (χ1n) is 12.1. The molecule has 1 saturated heterocycles. The number of hydrogen-bond acceptors (Lipinski definition) is 5. The van der Waals surface area contributed by atoms with Gasteiger partial charge in [0.1, 0.15) is 5.82 Å². The SMILES string of the molecule is Cc1cc(C)c(-c2nc3c([nH]2)COCC3)cc1C(=O)N1CCC(c2ccc(S(C)(=O)=O)cc2)CC1. The van der Waals surface area contributed by atoms with E-state index >= 15 is 0 Å². The zero-order valence-electron chi connectivity index (χ0n) is 20.4. The van der Waals surface area contributed by atoms with E-state index in [4.69, 9.17) is 9.72 Å². The van der Waals surface area contributed by atoms with Crippen LogP contribution in [-0.2, 0) is 27.6 Å². The minimum atomic E-state index is -3.20. The summed E-state index contributed by atoms with van der Waals surface area (Å²) in [7, 11) is -3.20. The van der Waals surface area contributed by atoms with Crippen LogP contribution in [0, 0.1) is 13.8 Å². The highest BCUT2D eigenvalue weighted by molar-refractivity contribution is 7.90. The smallest absolute Gasteiger partial charge is 0.254 e. The monoisotopic (exact) mass is 493 g/mol. The van der Waals surface area contributed by atoms with Gasteiger partial charge in [-0.05, 0) is 67.5 Å². The summed E-state index contributed by atoms with van der Waals surface area (Å²) in [6.07, 6.45) is 3.73. The number of benzene rings is 2. The van der Waals surface area contributed by atoms with Gasteiger partial charge in [-0.2, -0.15) is 0 Å². The number of nitrogens with one attached hydrogen (secondary N) is 1. The van der Waals surface area contributed by atoms with Gasteiger partial charge in [-0.15, -0.1) is 0 Å². The molecule has 2 aliphatic rings. The minimum absolute atomic E-state index is 0.0503. The van der Waals surface area contributed by atoms with Gasteiger partial charge in [-0.25, -0.2) is 13.4 Å². The maximum absolute atomic E-state index is 13.5. The van der Waals surface area contributed by atoms with Crippen molar-refractivity contribution >= 4 is 15.7 Å². The maximum Gasteiger partial charge on any atom is 0.254 e. The van der Waals surface area contributed by atoms with Gasteiger partial charge in [0.25, 0.3) is 5.91 Å². The number of carbonyl (C=O) groups is 1. The van der Waals surface area contributed by atoms with Crippen molar-refractivity contribution in [1.29, 1.82) is 0 Å². The zero-order chi connectivity index (χ0) is 24.7. The Bertz CT molecular complexity index is 1340. The molecule has 0 spiro atoms. The molecular formula is C27H31N3O4S. The van der Waals surface area contributed by atoms with Crippen LogP contribution in [-0.4, -0.2) is 55.1 Å². The molecule has 1 aromatic heterocycles. The van der Waals surface area contributed by atoms with E-state index in [-0.39, 0.29) is 5.91 Å². The van der Waals surface area contributed by atoms with Gasteiger partial charge in [0.05, 0.1) is 29.5 Å². The van der Waals surface area contributed by atoms with Crippen LogP contribution in [0.1, 0.15) is 57.2 Å². The summed E-state index contributed by atoms with van der Waals surface area (Å²) in [4.78, 5) is 24.0. The number of piperidine rings is 1. The Kier molecular flexibility index (Phi) is 6.27. The van der Waals surface area contributed by atoms with E-state index in [1.54, 1.807) is 12.1 Å². The van der Waals surface area contributed by atoms with Crippen LogP contribution in [0.15, 0.2) is 41.3 Å². The maximum atomic E-state index is 13.5. The van der Waals surface area contributed by atoms with E-state index in [9.17, 15) is 13.2 Å². The zero-order valence-corrected chi connectivity index (χ0v) is 21.2. The molecule has 3 aromatic rings. The van der Waals surface area contributed by atoms with Crippen LogP contribution in [0.25, 0.3) is 11.4 Å². The molecule has 3 heterocycles. The van der Waals surface area contributed by atoms with Crippen molar-refractivity contribution < 1.29 is 17.9 Å². The fourth-order valence-electron chi connectivity index (χ4n) is 5.15. The number of ether oxygens (including phenoxy) is 1. The number of aromatic amines is 1. The number of hydrogen-bond donors (Lipinski definition) is 1. The molecule has 35 heavy (non-hydrogen) atoms. The van der Waals surface area contributed by atoms with Gasteiger partial charge in [0, 0.05) is 36.9 Å². The molecule has 7 nitrogen and oxygen atoms in total. The molecular weight excluding hydrogens is 462 g/mol. The Morgan fingerprint density at radius 3 is 2.46 bits per heavy atom. The van der Waals surface area contributed by atoms with Crippen molar-refractivity contribution in [3.05, 3.63) is 70.0 Å². The predicted octanol–water partition coefficient (Wildman–Crippen LogP) is 4.19. The van der Waals surface area contributed by atoms with Crippen LogP contribution < -0.4 is 0 Å². The van der Waals surface area contributed by atoms with Crippen molar-refractivity contribution in [3.63, 3.8) is 0 Å². The molecule has 0 bridgehead atoms. The predicted molar refractivity (Wildman–Crippen MR) is 134 cm³/mol. The lowest BCUT2D eigenvalue weighted by molar-refractivity contribution is 0.0712. The third kappa shape index (κ3) is 4.77. The molecule has 0 atom stereocenters. The Balaban J connectivity index is 1.32. The molecule has 5 rings (SSSR count). The van der Waals surface area contributed by atoms with Crippen molar-refractivity contribution in [2.75, 3.05) is 26.0 Å². The van der Waals surface area contributed by atoms with Gasteiger partial charge in [-0.3, -0.25) is 4.79 Å². The van der Waals surface area contributed by atoms with Crippen molar-refractivity contribution in [1.82, 2.24) is 14.9 Å². The molecule has 0 radical (unpaired) electrons. The van der Waals surface area contributed by atoms with E-state index < -0.39 is 9.84 Å². The van der Waals surface area contributed by atoms with Crippen LogP contribution >= 0.6 is 0 Å². The number of aryl methyl sites for hydroxylation is 2.